The Bertz CT molecular complexity index is 384. The molecule has 0 unspecified atom stereocenters. The van der Waals surface area contributed by atoms with E-state index in [0.29, 0.717) is 4.47 Å². The smallest absolute Gasteiger partial charge is 0.281 e. The quantitative estimate of drug-likeness (QED) is 0.848. The van der Waals surface area contributed by atoms with E-state index in [9.17, 15) is 13.6 Å². The molecule has 76 valence electrons. The van der Waals surface area contributed by atoms with Gasteiger partial charge >= 0.3 is 0 Å². The number of nitrogens with zero attached hydrogens (tertiary/aromatic N) is 1. The summed E-state index contributed by atoms with van der Waals surface area (Å²) in [6.45, 7) is 0. The molecule has 7 heteroatoms. The number of carbonyl (C=O) groups is 1. The number of amides is 1. The van der Waals surface area contributed by atoms with Crippen molar-refractivity contribution in [1.29, 1.82) is 0 Å². The number of pyridine rings is 1. The molecule has 1 aromatic heterocycles. The van der Waals surface area contributed by atoms with Gasteiger partial charge in [-0.25, -0.2) is 13.8 Å². The van der Waals surface area contributed by atoms with Crippen LogP contribution < -0.4 is 5.73 Å². The first-order valence-electron chi connectivity index (χ1n) is 3.37. The van der Waals surface area contributed by atoms with Gasteiger partial charge in [0.2, 0.25) is 0 Å². The van der Waals surface area contributed by atoms with Crippen molar-refractivity contribution in [1.82, 2.24) is 4.98 Å². The predicted molar refractivity (Wildman–Crippen MR) is 53.1 cm³/mol. The van der Waals surface area contributed by atoms with E-state index in [1.54, 1.807) is 0 Å². The Balaban J connectivity index is 3.39. The van der Waals surface area contributed by atoms with Gasteiger partial charge in [-0.1, -0.05) is 0 Å². The van der Waals surface area contributed by atoms with E-state index in [4.69, 9.17) is 5.73 Å². The molecule has 0 aliphatic carbocycles. The van der Waals surface area contributed by atoms with Gasteiger partial charge in [-0.15, -0.1) is 0 Å². The lowest BCUT2D eigenvalue weighted by Gasteiger charge is -2.06. The number of nitrogens with two attached hydrogens (primary N) is 1. The molecule has 1 amide bonds. The summed E-state index contributed by atoms with van der Waals surface area (Å²) in [5.41, 5.74) is 4.02. The van der Waals surface area contributed by atoms with Crippen LogP contribution in [0.3, 0.4) is 0 Å². The van der Waals surface area contributed by atoms with Gasteiger partial charge < -0.3 is 5.73 Å². The van der Waals surface area contributed by atoms with Gasteiger partial charge in [0.05, 0.1) is 10.0 Å². The fourth-order valence-electron chi connectivity index (χ4n) is 0.843. The number of halogens is 4. The van der Waals surface area contributed by atoms with Crippen LogP contribution in [0.1, 0.15) is 22.5 Å². The number of carbonyl (C=O) groups excluding carboxylic acids is 1. The summed E-state index contributed by atoms with van der Waals surface area (Å²) in [6.07, 6.45) is -2.83. The van der Waals surface area contributed by atoms with Crippen LogP contribution in [0.5, 0.6) is 0 Å². The van der Waals surface area contributed by atoms with E-state index < -0.39 is 18.0 Å². The van der Waals surface area contributed by atoms with Crippen molar-refractivity contribution in [3.8, 4) is 0 Å². The van der Waals surface area contributed by atoms with Crippen LogP contribution >= 0.6 is 31.9 Å². The summed E-state index contributed by atoms with van der Waals surface area (Å²) in [5, 5.41) is 0. The number of alkyl halides is 2. The van der Waals surface area contributed by atoms with E-state index in [0.717, 1.165) is 0 Å². The third-order valence-electron chi connectivity index (χ3n) is 1.43. The predicted octanol–water partition coefficient (Wildman–Crippen LogP) is 2.64. The van der Waals surface area contributed by atoms with Crippen LogP contribution in [0.4, 0.5) is 8.78 Å². The Morgan fingerprint density at radius 2 is 2.07 bits per heavy atom. The van der Waals surface area contributed by atoms with Crippen molar-refractivity contribution in [2.45, 2.75) is 6.43 Å². The third-order valence-corrected chi connectivity index (χ3v) is 3.18. The minimum atomic E-state index is -2.83. The molecule has 0 aliphatic heterocycles. The van der Waals surface area contributed by atoms with E-state index in [2.05, 4.69) is 36.8 Å². The summed E-state index contributed by atoms with van der Waals surface area (Å²) >= 11 is 5.99. The SMILES string of the molecule is NC(=O)c1cc(Br)c(Br)nc1C(F)F. The summed E-state index contributed by atoms with van der Waals surface area (Å²) in [4.78, 5) is 14.3. The van der Waals surface area contributed by atoms with Crippen LogP contribution in [-0.4, -0.2) is 10.9 Å². The first kappa shape index (κ1) is 11.5. The van der Waals surface area contributed by atoms with Crippen molar-refractivity contribution < 1.29 is 13.6 Å². The average Bonchev–Trinajstić information content (AvgIpc) is 2.08. The molecule has 1 heterocycles. The lowest BCUT2D eigenvalue weighted by atomic mass is 10.2. The summed E-state index contributed by atoms with van der Waals surface area (Å²) in [7, 11) is 0. The minimum absolute atomic E-state index is 0.206. The van der Waals surface area contributed by atoms with Gasteiger partial charge in [0.15, 0.2) is 0 Å². The molecule has 3 nitrogen and oxygen atoms in total. The van der Waals surface area contributed by atoms with Crippen molar-refractivity contribution >= 4 is 37.8 Å². The second-order valence-electron chi connectivity index (χ2n) is 2.36. The monoisotopic (exact) mass is 328 g/mol. The highest BCUT2D eigenvalue weighted by Gasteiger charge is 2.20. The van der Waals surface area contributed by atoms with Gasteiger partial charge in [0.1, 0.15) is 10.3 Å². The molecule has 0 spiro atoms. The highest BCUT2D eigenvalue weighted by atomic mass is 79.9. The van der Waals surface area contributed by atoms with Crippen molar-refractivity contribution in [2.24, 2.45) is 5.73 Å². The van der Waals surface area contributed by atoms with Gasteiger partial charge in [-0.05, 0) is 37.9 Å². The molecule has 0 radical (unpaired) electrons. The number of aromatic nitrogens is 1. The zero-order chi connectivity index (χ0) is 10.9. The van der Waals surface area contributed by atoms with E-state index in [1.807, 2.05) is 0 Å². The Labute approximate surface area is 94.9 Å². The lowest BCUT2D eigenvalue weighted by Crippen LogP contribution is -2.15. The van der Waals surface area contributed by atoms with Crippen LogP contribution in [-0.2, 0) is 0 Å². The Morgan fingerprint density at radius 3 is 2.50 bits per heavy atom. The molecule has 0 atom stereocenters. The number of primary amides is 1. The highest BCUT2D eigenvalue weighted by molar-refractivity contribution is 9.13. The van der Waals surface area contributed by atoms with Crippen molar-refractivity contribution in [3.63, 3.8) is 0 Å². The summed E-state index contributed by atoms with van der Waals surface area (Å²) in [6, 6.07) is 1.21. The minimum Gasteiger partial charge on any atom is -0.366 e. The number of hydrogen-bond acceptors (Lipinski definition) is 2. The molecule has 0 fully saturated rings. The first-order valence-corrected chi connectivity index (χ1v) is 4.96. The molecule has 0 bridgehead atoms. The highest BCUT2D eigenvalue weighted by Crippen LogP contribution is 2.28. The Kier molecular flexibility index (Phi) is 3.54. The molecule has 14 heavy (non-hydrogen) atoms. The standard InChI is InChI=1S/C7H4Br2F2N2O/c8-3-1-2(7(12)14)4(6(10)11)13-5(3)9/h1,6H,(H2,12,14). The fraction of sp³-hybridized carbons (Fsp3) is 0.143. The molecular weight excluding hydrogens is 326 g/mol. The van der Waals surface area contributed by atoms with Crippen LogP contribution in [0.25, 0.3) is 0 Å². The molecule has 0 aromatic carbocycles. The Hall–Kier alpha value is -0.560. The molecule has 0 saturated heterocycles. The van der Waals surface area contributed by atoms with Crippen LogP contribution in [0.2, 0.25) is 0 Å². The second kappa shape index (κ2) is 4.31. The van der Waals surface area contributed by atoms with E-state index >= 15 is 0 Å². The normalized spacial score (nSPS) is 10.6. The van der Waals surface area contributed by atoms with Gasteiger partial charge in [0.25, 0.3) is 12.3 Å². The number of hydrogen-bond donors (Lipinski definition) is 1. The molecule has 0 aliphatic rings. The largest absolute Gasteiger partial charge is 0.366 e. The topological polar surface area (TPSA) is 56.0 Å². The second-order valence-corrected chi connectivity index (χ2v) is 3.96. The van der Waals surface area contributed by atoms with Crippen molar-refractivity contribution in [2.75, 3.05) is 0 Å². The maximum Gasteiger partial charge on any atom is 0.281 e. The zero-order valence-corrected chi connectivity index (χ0v) is 9.77. The molecule has 1 rings (SSSR count). The van der Waals surface area contributed by atoms with Gasteiger partial charge in [-0.2, -0.15) is 0 Å². The lowest BCUT2D eigenvalue weighted by molar-refractivity contribution is 0.0982. The zero-order valence-electron chi connectivity index (χ0n) is 6.60. The van der Waals surface area contributed by atoms with Gasteiger partial charge in [-0.3, -0.25) is 4.79 Å². The van der Waals surface area contributed by atoms with E-state index in [1.165, 1.54) is 6.07 Å². The van der Waals surface area contributed by atoms with Crippen LogP contribution in [0, 0.1) is 0 Å². The molecular formula is C7H4Br2F2N2O. The Morgan fingerprint density at radius 1 is 1.50 bits per heavy atom. The molecule has 2 N–H and O–H groups in total. The summed E-state index contributed by atoms with van der Waals surface area (Å²) in [5.74, 6) is -0.930. The van der Waals surface area contributed by atoms with Crippen LogP contribution in [0.15, 0.2) is 15.1 Å². The number of rotatable bonds is 2. The maximum absolute atomic E-state index is 12.4. The first-order chi connectivity index (χ1) is 6.43. The fourth-order valence-corrected chi connectivity index (χ4v) is 1.47. The van der Waals surface area contributed by atoms with E-state index in [-0.39, 0.29) is 10.2 Å². The third kappa shape index (κ3) is 2.27. The molecule has 0 saturated carbocycles. The van der Waals surface area contributed by atoms with Gasteiger partial charge in [0, 0.05) is 0 Å². The summed E-state index contributed by atoms with van der Waals surface area (Å²) < 4.78 is 25.4. The average molecular weight is 330 g/mol. The maximum atomic E-state index is 12.4. The molecule has 1 aromatic rings. The van der Waals surface area contributed by atoms with Crippen molar-refractivity contribution in [3.05, 3.63) is 26.4 Å².